The lowest BCUT2D eigenvalue weighted by Crippen LogP contribution is -2.14. The zero-order valence-electron chi connectivity index (χ0n) is 8.14. The number of nitrogens with zero attached hydrogens (tertiary/aromatic N) is 2. The molecule has 0 aromatic heterocycles. The summed E-state index contributed by atoms with van der Waals surface area (Å²) in [5.74, 6) is -0.717. The molecule has 79 valence electrons. The number of amides is 1. The molecule has 0 heterocycles. The Morgan fingerprint density at radius 2 is 2.27 bits per heavy atom. The third kappa shape index (κ3) is 2.43. The highest BCUT2D eigenvalue weighted by Crippen LogP contribution is 2.21. The van der Waals surface area contributed by atoms with Crippen molar-refractivity contribution in [3.05, 3.63) is 33.9 Å². The lowest BCUT2D eigenvalue weighted by atomic mass is 10.1. The Morgan fingerprint density at radius 1 is 1.60 bits per heavy atom. The van der Waals surface area contributed by atoms with Crippen LogP contribution in [0.5, 0.6) is 0 Å². The molecule has 1 aromatic carbocycles. The van der Waals surface area contributed by atoms with Crippen LogP contribution >= 0.6 is 0 Å². The number of nitro groups is 1. The van der Waals surface area contributed by atoms with Crippen molar-refractivity contribution in [1.29, 1.82) is 0 Å². The van der Waals surface area contributed by atoms with Crippen molar-refractivity contribution in [3.63, 3.8) is 0 Å². The average molecular weight is 208 g/mol. The maximum absolute atomic E-state index is 11.0. The maximum Gasteiger partial charge on any atom is 0.270 e. The molecule has 0 unspecified atom stereocenters. The molecule has 0 aliphatic carbocycles. The summed E-state index contributed by atoms with van der Waals surface area (Å²) in [6.07, 6.45) is 0. The number of hydrogen-bond acceptors (Lipinski definition) is 3. The van der Waals surface area contributed by atoms with Crippen molar-refractivity contribution < 1.29 is 9.72 Å². The third-order valence-corrected chi connectivity index (χ3v) is 1.78. The van der Waals surface area contributed by atoms with Gasteiger partial charge in [-0.15, -0.1) is 0 Å². The van der Waals surface area contributed by atoms with E-state index in [-0.39, 0.29) is 11.3 Å². The molecule has 0 spiro atoms. The van der Waals surface area contributed by atoms with Crippen molar-refractivity contribution in [3.8, 4) is 0 Å². The summed E-state index contributed by atoms with van der Waals surface area (Å²) in [6, 6.07) is 3.85. The highest BCUT2D eigenvalue weighted by Gasteiger charge is 2.14. The first-order valence-corrected chi connectivity index (χ1v) is 4.32. The SMILES string of the molecule is CC[N]c1ccc([N+](=O)[O-])cc1C(N)=O. The van der Waals surface area contributed by atoms with Gasteiger partial charge in [-0.25, -0.2) is 0 Å². The summed E-state index contributed by atoms with van der Waals surface area (Å²) in [6.45, 7) is 2.28. The Kier molecular flexibility index (Phi) is 3.22. The second kappa shape index (κ2) is 4.41. The average Bonchev–Trinajstić information content (AvgIpc) is 2.18. The van der Waals surface area contributed by atoms with E-state index in [1.54, 1.807) is 6.92 Å². The molecule has 1 amide bonds. The van der Waals surface area contributed by atoms with E-state index >= 15 is 0 Å². The van der Waals surface area contributed by atoms with Gasteiger partial charge in [0, 0.05) is 18.7 Å². The van der Waals surface area contributed by atoms with Gasteiger partial charge in [0.15, 0.2) is 0 Å². The van der Waals surface area contributed by atoms with Crippen LogP contribution in [-0.2, 0) is 0 Å². The molecule has 1 aromatic rings. The molecule has 1 rings (SSSR count). The minimum Gasteiger partial charge on any atom is -0.366 e. The molecule has 0 fully saturated rings. The molecule has 6 heteroatoms. The molecule has 15 heavy (non-hydrogen) atoms. The van der Waals surface area contributed by atoms with E-state index in [0.29, 0.717) is 12.2 Å². The fourth-order valence-corrected chi connectivity index (χ4v) is 1.14. The lowest BCUT2D eigenvalue weighted by Gasteiger charge is -2.04. The summed E-state index contributed by atoms with van der Waals surface area (Å²) in [5.41, 5.74) is 5.38. The van der Waals surface area contributed by atoms with Crippen LogP contribution in [-0.4, -0.2) is 17.4 Å². The number of nitro benzene ring substituents is 1. The minimum absolute atomic E-state index is 0.0750. The van der Waals surface area contributed by atoms with Crippen molar-refractivity contribution in [2.24, 2.45) is 5.73 Å². The Morgan fingerprint density at radius 3 is 2.73 bits per heavy atom. The molecule has 0 atom stereocenters. The largest absolute Gasteiger partial charge is 0.366 e. The summed E-state index contributed by atoms with van der Waals surface area (Å²) >= 11 is 0. The van der Waals surface area contributed by atoms with Crippen molar-refractivity contribution in [2.45, 2.75) is 6.92 Å². The van der Waals surface area contributed by atoms with Crippen LogP contribution in [0.4, 0.5) is 11.4 Å². The molecule has 1 radical (unpaired) electrons. The van der Waals surface area contributed by atoms with Gasteiger partial charge in [-0.05, 0) is 13.0 Å². The number of non-ortho nitro benzene ring substituents is 1. The van der Waals surface area contributed by atoms with Crippen LogP contribution in [0, 0.1) is 10.1 Å². The van der Waals surface area contributed by atoms with E-state index in [1.165, 1.54) is 12.1 Å². The van der Waals surface area contributed by atoms with Crippen LogP contribution in [0.25, 0.3) is 0 Å². The van der Waals surface area contributed by atoms with E-state index in [1.807, 2.05) is 0 Å². The molecule has 2 N–H and O–H groups in total. The minimum atomic E-state index is -0.717. The fourth-order valence-electron chi connectivity index (χ4n) is 1.14. The zero-order valence-corrected chi connectivity index (χ0v) is 8.14. The van der Waals surface area contributed by atoms with E-state index in [2.05, 4.69) is 5.32 Å². The van der Waals surface area contributed by atoms with Crippen molar-refractivity contribution in [2.75, 3.05) is 6.54 Å². The smallest absolute Gasteiger partial charge is 0.270 e. The van der Waals surface area contributed by atoms with Gasteiger partial charge in [0.05, 0.1) is 16.2 Å². The van der Waals surface area contributed by atoms with Crippen molar-refractivity contribution in [1.82, 2.24) is 5.32 Å². The molecule has 0 aliphatic heterocycles. The topological polar surface area (TPSA) is 100 Å². The normalized spacial score (nSPS) is 9.67. The van der Waals surface area contributed by atoms with Gasteiger partial charge in [0.25, 0.3) is 11.6 Å². The third-order valence-electron chi connectivity index (χ3n) is 1.78. The number of nitrogens with two attached hydrogens (primary N) is 1. The number of primary amides is 1. The molecule has 0 saturated carbocycles. The van der Waals surface area contributed by atoms with Crippen LogP contribution in [0.2, 0.25) is 0 Å². The Bertz CT molecular complexity index is 404. The standard InChI is InChI=1S/C9H10N3O3/c1-2-11-8-4-3-6(12(14)15)5-7(8)9(10)13/h3-5H,2H2,1H3,(H2,10,13). The van der Waals surface area contributed by atoms with Gasteiger partial charge in [-0.2, -0.15) is 0 Å². The van der Waals surface area contributed by atoms with Gasteiger partial charge in [-0.3, -0.25) is 20.2 Å². The molecule has 0 saturated heterocycles. The number of benzene rings is 1. The Hall–Kier alpha value is -2.11. The fraction of sp³-hybridized carbons (Fsp3) is 0.222. The van der Waals surface area contributed by atoms with Gasteiger partial charge in [-0.1, -0.05) is 0 Å². The van der Waals surface area contributed by atoms with E-state index in [9.17, 15) is 14.9 Å². The first kappa shape index (κ1) is 11.0. The van der Waals surface area contributed by atoms with Crippen LogP contribution < -0.4 is 11.1 Å². The quantitative estimate of drug-likeness (QED) is 0.588. The first-order chi connectivity index (χ1) is 7.06. The number of carbonyl (C=O) groups excluding carboxylic acids is 1. The second-order valence-electron chi connectivity index (χ2n) is 2.80. The van der Waals surface area contributed by atoms with Gasteiger partial charge in [0.1, 0.15) is 0 Å². The van der Waals surface area contributed by atoms with Crippen LogP contribution in [0.3, 0.4) is 0 Å². The summed E-state index contributed by atoms with van der Waals surface area (Å²) in [5, 5.41) is 14.5. The highest BCUT2D eigenvalue weighted by molar-refractivity contribution is 5.98. The van der Waals surface area contributed by atoms with Crippen LogP contribution in [0.1, 0.15) is 17.3 Å². The molecular weight excluding hydrogens is 198 g/mol. The van der Waals surface area contributed by atoms with E-state index < -0.39 is 10.8 Å². The molecule has 0 bridgehead atoms. The molecule has 6 nitrogen and oxygen atoms in total. The molecular formula is C9H10N3O3. The predicted molar refractivity (Wildman–Crippen MR) is 53.9 cm³/mol. The number of rotatable bonds is 4. The van der Waals surface area contributed by atoms with Gasteiger partial charge < -0.3 is 5.73 Å². The lowest BCUT2D eigenvalue weighted by molar-refractivity contribution is -0.384. The summed E-state index contributed by atoms with van der Waals surface area (Å²) in [4.78, 5) is 20.9. The van der Waals surface area contributed by atoms with Crippen LogP contribution in [0.15, 0.2) is 18.2 Å². The van der Waals surface area contributed by atoms with E-state index in [0.717, 1.165) is 6.07 Å². The summed E-state index contributed by atoms with van der Waals surface area (Å²) in [7, 11) is 0. The van der Waals surface area contributed by atoms with Gasteiger partial charge in [0.2, 0.25) is 0 Å². The Labute approximate surface area is 86.2 Å². The zero-order chi connectivity index (χ0) is 11.4. The monoisotopic (exact) mass is 208 g/mol. The number of carbonyl (C=O) groups is 1. The first-order valence-electron chi connectivity index (χ1n) is 4.32. The predicted octanol–water partition coefficient (Wildman–Crippen LogP) is 0.950. The maximum atomic E-state index is 11.0. The summed E-state index contributed by atoms with van der Waals surface area (Å²) < 4.78 is 0. The highest BCUT2D eigenvalue weighted by atomic mass is 16.6. The Balaban J connectivity index is 3.20. The van der Waals surface area contributed by atoms with Crippen molar-refractivity contribution >= 4 is 17.3 Å². The molecule has 0 aliphatic rings. The number of hydrogen-bond donors (Lipinski definition) is 1. The van der Waals surface area contributed by atoms with Gasteiger partial charge >= 0.3 is 0 Å². The second-order valence-corrected chi connectivity index (χ2v) is 2.80. The van der Waals surface area contributed by atoms with E-state index in [4.69, 9.17) is 5.73 Å².